The lowest BCUT2D eigenvalue weighted by Gasteiger charge is -2.08. The Balaban J connectivity index is 2.50. The third-order valence-electron chi connectivity index (χ3n) is 2.87. The van der Waals surface area contributed by atoms with Crippen LogP contribution in [0.5, 0.6) is 0 Å². The maximum Gasteiger partial charge on any atom is 0.266 e. The van der Waals surface area contributed by atoms with Crippen LogP contribution in [0.1, 0.15) is 11.1 Å². The van der Waals surface area contributed by atoms with Crippen LogP contribution in [0, 0.1) is 13.8 Å². The van der Waals surface area contributed by atoms with Crippen LogP contribution in [-0.4, -0.2) is 16.3 Å². The molecule has 0 saturated carbocycles. The molecule has 94 valence electrons. The van der Waals surface area contributed by atoms with E-state index in [9.17, 15) is 4.79 Å². The lowest BCUT2D eigenvalue weighted by molar-refractivity contribution is 0.590. The zero-order valence-corrected chi connectivity index (χ0v) is 10.7. The van der Waals surface area contributed by atoms with Crippen molar-refractivity contribution in [2.24, 2.45) is 5.73 Å². The second-order valence-corrected chi connectivity index (χ2v) is 4.39. The van der Waals surface area contributed by atoms with Gasteiger partial charge in [-0.15, -0.1) is 0 Å². The van der Waals surface area contributed by atoms with Crippen molar-refractivity contribution in [1.29, 1.82) is 0 Å². The third kappa shape index (κ3) is 2.49. The average molecular weight is 243 g/mol. The number of nitrogens with zero attached hydrogens (tertiary/aromatic N) is 2. The molecule has 0 unspecified atom stereocenters. The van der Waals surface area contributed by atoms with Gasteiger partial charge in [-0.3, -0.25) is 4.79 Å². The number of rotatable bonds is 3. The Morgan fingerprint density at radius 1 is 1.22 bits per heavy atom. The summed E-state index contributed by atoms with van der Waals surface area (Å²) in [5.41, 5.74) is 9.57. The first kappa shape index (κ1) is 12.5. The molecular weight excluding hydrogens is 226 g/mol. The molecule has 0 aliphatic heterocycles. The van der Waals surface area contributed by atoms with Gasteiger partial charge in [0.2, 0.25) is 0 Å². The normalized spacial score (nSPS) is 10.6. The highest BCUT2D eigenvalue weighted by Crippen LogP contribution is 2.21. The summed E-state index contributed by atoms with van der Waals surface area (Å²) in [7, 11) is 0. The number of nitrogens with two attached hydrogens (primary N) is 1. The van der Waals surface area contributed by atoms with Crippen LogP contribution in [0.25, 0.3) is 11.3 Å². The topological polar surface area (TPSA) is 60.9 Å². The van der Waals surface area contributed by atoms with Crippen LogP contribution in [0.3, 0.4) is 0 Å². The molecule has 0 saturated heterocycles. The first-order valence-electron chi connectivity index (χ1n) is 5.97. The quantitative estimate of drug-likeness (QED) is 0.888. The Labute approximate surface area is 106 Å². The van der Waals surface area contributed by atoms with Gasteiger partial charge in [0.1, 0.15) is 0 Å². The smallest absolute Gasteiger partial charge is 0.266 e. The van der Waals surface area contributed by atoms with E-state index in [0.717, 1.165) is 16.8 Å². The van der Waals surface area contributed by atoms with E-state index in [-0.39, 0.29) is 5.56 Å². The molecule has 0 radical (unpaired) electrons. The fourth-order valence-electron chi connectivity index (χ4n) is 1.98. The number of aryl methyl sites for hydroxylation is 2. The van der Waals surface area contributed by atoms with Crippen LogP contribution in [-0.2, 0) is 6.54 Å². The lowest BCUT2D eigenvalue weighted by atomic mass is 10.0. The van der Waals surface area contributed by atoms with Crippen molar-refractivity contribution in [3.8, 4) is 11.3 Å². The SMILES string of the molecule is Cc1ccc(-c2ccc(=O)n(CCN)n2)c(C)c1. The maximum atomic E-state index is 11.6. The highest BCUT2D eigenvalue weighted by atomic mass is 16.1. The molecule has 2 rings (SSSR count). The van der Waals surface area contributed by atoms with Gasteiger partial charge in [-0.25, -0.2) is 4.68 Å². The Bertz CT molecular complexity index is 617. The van der Waals surface area contributed by atoms with E-state index in [1.165, 1.54) is 16.3 Å². The predicted octanol–water partition coefficient (Wildman–Crippen LogP) is 1.49. The number of hydrogen-bond donors (Lipinski definition) is 1. The zero-order chi connectivity index (χ0) is 13.1. The minimum absolute atomic E-state index is 0.117. The number of hydrogen-bond acceptors (Lipinski definition) is 3. The fourth-order valence-corrected chi connectivity index (χ4v) is 1.98. The molecule has 2 N–H and O–H groups in total. The number of benzene rings is 1. The third-order valence-corrected chi connectivity index (χ3v) is 2.87. The summed E-state index contributed by atoms with van der Waals surface area (Å²) >= 11 is 0. The first-order valence-corrected chi connectivity index (χ1v) is 5.97. The van der Waals surface area contributed by atoms with E-state index < -0.39 is 0 Å². The largest absolute Gasteiger partial charge is 0.329 e. The molecule has 0 fully saturated rings. The molecule has 1 aromatic heterocycles. The summed E-state index contributed by atoms with van der Waals surface area (Å²) in [5.74, 6) is 0. The van der Waals surface area contributed by atoms with E-state index in [4.69, 9.17) is 5.73 Å². The summed E-state index contributed by atoms with van der Waals surface area (Å²) in [6.45, 7) is 4.95. The van der Waals surface area contributed by atoms with Gasteiger partial charge < -0.3 is 5.73 Å². The van der Waals surface area contributed by atoms with Crippen molar-refractivity contribution >= 4 is 0 Å². The van der Waals surface area contributed by atoms with Crippen molar-refractivity contribution < 1.29 is 0 Å². The molecule has 4 heteroatoms. The molecule has 4 nitrogen and oxygen atoms in total. The summed E-state index contributed by atoms with van der Waals surface area (Å²) < 4.78 is 1.41. The van der Waals surface area contributed by atoms with Crippen LogP contribution in [0.15, 0.2) is 35.1 Å². The molecule has 0 amide bonds. The van der Waals surface area contributed by atoms with E-state index in [1.54, 1.807) is 6.07 Å². The van der Waals surface area contributed by atoms with Crippen LogP contribution < -0.4 is 11.3 Å². The predicted molar refractivity (Wildman–Crippen MR) is 72.5 cm³/mol. The van der Waals surface area contributed by atoms with Crippen molar-refractivity contribution in [2.45, 2.75) is 20.4 Å². The van der Waals surface area contributed by atoms with Gasteiger partial charge in [0, 0.05) is 18.2 Å². The van der Waals surface area contributed by atoms with Gasteiger partial charge in [0.25, 0.3) is 5.56 Å². The highest BCUT2D eigenvalue weighted by molar-refractivity contribution is 5.63. The molecule has 1 heterocycles. The molecule has 2 aromatic rings. The van der Waals surface area contributed by atoms with Gasteiger partial charge in [0.15, 0.2) is 0 Å². The van der Waals surface area contributed by atoms with Crippen molar-refractivity contribution in [2.75, 3.05) is 6.54 Å². The second kappa shape index (κ2) is 5.14. The zero-order valence-electron chi connectivity index (χ0n) is 10.7. The second-order valence-electron chi connectivity index (χ2n) is 4.39. The van der Waals surface area contributed by atoms with Gasteiger partial charge in [-0.2, -0.15) is 5.10 Å². The number of aromatic nitrogens is 2. The molecular formula is C14H17N3O. The minimum atomic E-state index is -0.117. The molecule has 18 heavy (non-hydrogen) atoms. The Morgan fingerprint density at radius 2 is 2.00 bits per heavy atom. The molecule has 0 aliphatic carbocycles. The lowest BCUT2D eigenvalue weighted by Crippen LogP contribution is -2.25. The Hall–Kier alpha value is -1.94. The molecule has 0 spiro atoms. The van der Waals surface area contributed by atoms with E-state index in [1.807, 2.05) is 19.1 Å². The van der Waals surface area contributed by atoms with Crippen LogP contribution in [0.4, 0.5) is 0 Å². The van der Waals surface area contributed by atoms with Crippen molar-refractivity contribution in [3.05, 3.63) is 51.8 Å². The molecule has 1 aromatic carbocycles. The Kier molecular flexibility index (Phi) is 3.58. The van der Waals surface area contributed by atoms with Gasteiger partial charge in [0.05, 0.1) is 12.2 Å². The average Bonchev–Trinajstić information content (AvgIpc) is 2.33. The monoisotopic (exact) mass is 243 g/mol. The Morgan fingerprint density at radius 3 is 2.67 bits per heavy atom. The van der Waals surface area contributed by atoms with Crippen LogP contribution >= 0.6 is 0 Å². The highest BCUT2D eigenvalue weighted by Gasteiger charge is 2.05. The van der Waals surface area contributed by atoms with Gasteiger partial charge in [-0.1, -0.05) is 23.8 Å². The van der Waals surface area contributed by atoms with Crippen molar-refractivity contribution in [1.82, 2.24) is 9.78 Å². The van der Waals surface area contributed by atoms with Gasteiger partial charge in [-0.05, 0) is 25.5 Å². The summed E-state index contributed by atoms with van der Waals surface area (Å²) in [4.78, 5) is 11.6. The fraction of sp³-hybridized carbons (Fsp3) is 0.286. The van der Waals surface area contributed by atoms with Crippen molar-refractivity contribution in [3.63, 3.8) is 0 Å². The standard InChI is InChI=1S/C14H17N3O/c1-10-3-4-12(11(2)9-10)13-5-6-14(18)17(16-13)8-7-15/h3-6,9H,7-8,15H2,1-2H3. The minimum Gasteiger partial charge on any atom is -0.329 e. The molecule has 0 bridgehead atoms. The van der Waals surface area contributed by atoms with Gasteiger partial charge >= 0.3 is 0 Å². The first-order chi connectivity index (χ1) is 8.61. The summed E-state index contributed by atoms with van der Waals surface area (Å²) in [6.07, 6.45) is 0. The molecule has 0 atom stereocenters. The van der Waals surface area contributed by atoms with E-state index in [2.05, 4.69) is 18.1 Å². The van der Waals surface area contributed by atoms with E-state index >= 15 is 0 Å². The maximum absolute atomic E-state index is 11.6. The molecule has 0 aliphatic rings. The summed E-state index contributed by atoms with van der Waals surface area (Å²) in [6, 6.07) is 9.48. The van der Waals surface area contributed by atoms with Crippen LogP contribution in [0.2, 0.25) is 0 Å². The summed E-state index contributed by atoms with van der Waals surface area (Å²) in [5, 5.41) is 4.35. The van der Waals surface area contributed by atoms with E-state index in [0.29, 0.717) is 13.1 Å².